The van der Waals surface area contributed by atoms with Crippen molar-refractivity contribution in [1.82, 2.24) is 10.6 Å². The zero-order chi connectivity index (χ0) is 10.4. The molecule has 1 aliphatic heterocycles. The molecule has 2 N–H and O–H groups in total. The topological polar surface area (TPSA) is 41.1 Å². The van der Waals surface area contributed by atoms with E-state index in [0.29, 0.717) is 5.25 Å². The van der Waals surface area contributed by atoms with E-state index in [4.69, 9.17) is 0 Å². The highest BCUT2D eigenvalue weighted by Crippen LogP contribution is 2.23. The molecular weight excluding hydrogens is 216 g/mol. The van der Waals surface area contributed by atoms with Crippen LogP contribution in [0.25, 0.3) is 0 Å². The molecule has 1 fully saturated rings. The maximum atomic E-state index is 11.4. The van der Waals surface area contributed by atoms with Gasteiger partial charge in [-0.2, -0.15) is 23.5 Å². The summed E-state index contributed by atoms with van der Waals surface area (Å²) in [6.45, 7) is 2.68. The molecule has 14 heavy (non-hydrogen) atoms. The molecule has 1 aliphatic rings. The van der Waals surface area contributed by atoms with Gasteiger partial charge < -0.3 is 10.6 Å². The van der Waals surface area contributed by atoms with Crippen LogP contribution in [0, 0.1) is 0 Å². The molecule has 0 spiro atoms. The van der Waals surface area contributed by atoms with Crippen molar-refractivity contribution in [2.45, 2.75) is 18.2 Å². The van der Waals surface area contributed by atoms with Gasteiger partial charge in [0.05, 0.1) is 6.04 Å². The molecule has 82 valence electrons. The van der Waals surface area contributed by atoms with Crippen LogP contribution in [0.4, 0.5) is 0 Å². The summed E-state index contributed by atoms with van der Waals surface area (Å²) >= 11 is 3.95. The number of thioether (sulfide) groups is 2. The van der Waals surface area contributed by atoms with Crippen molar-refractivity contribution in [3.63, 3.8) is 0 Å². The van der Waals surface area contributed by atoms with E-state index in [9.17, 15) is 4.79 Å². The number of carbonyl (C=O) groups excluding carboxylic acids is 1. The van der Waals surface area contributed by atoms with Gasteiger partial charge in [0.2, 0.25) is 5.91 Å². The third kappa shape index (κ3) is 4.11. The number of rotatable bonds is 4. The van der Waals surface area contributed by atoms with Gasteiger partial charge in [0.15, 0.2) is 0 Å². The van der Waals surface area contributed by atoms with Crippen molar-refractivity contribution in [2.24, 2.45) is 0 Å². The minimum absolute atomic E-state index is 0.0868. The van der Waals surface area contributed by atoms with Crippen LogP contribution in [0.5, 0.6) is 0 Å². The smallest absolute Gasteiger partial charge is 0.236 e. The molecule has 5 heteroatoms. The minimum Gasteiger partial charge on any atom is -0.354 e. The van der Waals surface area contributed by atoms with Gasteiger partial charge in [-0.05, 0) is 14.0 Å². The van der Waals surface area contributed by atoms with Gasteiger partial charge in [0.25, 0.3) is 0 Å². The number of hydrogen-bond acceptors (Lipinski definition) is 4. The first-order valence-electron chi connectivity index (χ1n) is 4.88. The van der Waals surface area contributed by atoms with Crippen LogP contribution in [0.1, 0.15) is 6.92 Å². The first kappa shape index (κ1) is 12.2. The molecule has 0 aromatic carbocycles. The van der Waals surface area contributed by atoms with Crippen molar-refractivity contribution in [2.75, 3.05) is 30.9 Å². The van der Waals surface area contributed by atoms with E-state index in [1.54, 1.807) is 7.05 Å². The lowest BCUT2D eigenvalue weighted by Gasteiger charge is -2.22. The molecule has 3 nitrogen and oxygen atoms in total. The standard InChI is InChI=1S/C9H18N2OS2/c1-7(10-2)9(12)11-5-8-6-13-3-4-14-8/h7-8,10H,3-6H2,1-2H3,(H,11,12). The second-order valence-corrected chi connectivity index (χ2v) is 5.88. The quantitative estimate of drug-likeness (QED) is 0.746. The fraction of sp³-hybridized carbons (Fsp3) is 0.889. The van der Waals surface area contributed by atoms with Crippen LogP contribution in [-0.4, -0.2) is 48.0 Å². The summed E-state index contributed by atoms with van der Waals surface area (Å²) in [5.74, 6) is 3.73. The summed E-state index contributed by atoms with van der Waals surface area (Å²) in [5.41, 5.74) is 0. The first-order chi connectivity index (χ1) is 6.74. The van der Waals surface area contributed by atoms with Gasteiger partial charge >= 0.3 is 0 Å². The average Bonchev–Trinajstić information content (AvgIpc) is 2.26. The summed E-state index contributed by atoms with van der Waals surface area (Å²) in [6.07, 6.45) is 0. The first-order valence-corrected chi connectivity index (χ1v) is 7.08. The lowest BCUT2D eigenvalue weighted by Crippen LogP contribution is -2.43. The number of nitrogens with one attached hydrogen (secondary N) is 2. The van der Waals surface area contributed by atoms with E-state index in [-0.39, 0.29) is 11.9 Å². The highest BCUT2D eigenvalue weighted by Gasteiger charge is 2.16. The van der Waals surface area contributed by atoms with Gasteiger partial charge in [0.1, 0.15) is 0 Å². The van der Waals surface area contributed by atoms with Gasteiger partial charge in [0, 0.05) is 29.1 Å². The molecule has 0 bridgehead atoms. The van der Waals surface area contributed by atoms with Gasteiger partial charge in [-0.3, -0.25) is 4.79 Å². The Kier molecular flexibility index (Phi) is 5.74. The monoisotopic (exact) mass is 234 g/mol. The van der Waals surface area contributed by atoms with Crippen LogP contribution in [0.2, 0.25) is 0 Å². The van der Waals surface area contributed by atoms with Crippen LogP contribution in [0.15, 0.2) is 0 Å². The van der Waals surface area contributed by atoms with Crippen LogP contribution < -0.4 is 10.6 Å². The minimum atomic E-state index is -0.0868. The van der Waals surface area contributed by atoms with Crippen LogP contribution >= 0.6 is 23.5 Å². The second-order valence-electron chi connectivity index (χ2n) is 3.32. The highest BCUT2D eigenvalue weighted by molar-refractivity contribution is 8.06. The average molecular weight is 234 g/mol. The van der Waals surface area contributed by atoms with E-state index in [0.717, 1.165) is 6.54 Å². The number of amides is 1. The van der Waals surface area contributed by atoms with Gasteiger partial charge in [-0.1, -0.05) is 0 Å². The SMILES string of the molecule is CNC(C)C(=O)NCC1CSCCS1. The summed E-state index contributed by atoms with van der Waals surface area (Å²) in [4.78, 5) is 11.4. The highest BCUT2D eigenvalue weighted by atomic mass is 32.2. The Morgan fingerprint density at radius 2 is 2.36 bits per heavy atom. The Labute approximate surface area is 94.2 Å². The van der Waals surface area contributed by atoms with Crippen LogP contribution in [0.3, 0.4) is 0 Å². The van der Waals surface area contributed by atoms with E-state index in [1.165, 1.54) is 17.3 Å². The predicted octanol–water partition coefficient (Wildman–Crippen LogP) is 0.559. The molecule has 1 amide bonds. The van der Waals surface area contributed by atoms with Crippen molar-refractivity contribution in [3.05, 3.63) is 0 Å². The molecule has 1 saturated heterocycles. The molecule has 0 aromatic rings. The van der Waals surface area contributed by atoms with E-state index in [2.05, 4.69) is 10.6 Å². The predicted molar refractivity (Wildman–Crippen MR) is 65.1 cm³/mol. The normalized spacial score (nSPS) is 24.3. The lowest BCUT2D eigenvalue weighted by molar-refractivity contribution is -0.122. The fourth-order valence-corrected chi connectivity index (χ4v) is 3.76. The number of hydrogen-bond donors (Lipinski definition) is 2. The zero-order valence-corrected chi connectivity index (χ0v) is 10.3. The van der Waals surface area contributed by atoms with E-state index >= 15 is 0 Å². The molecule has 1 heterocycles. The maximum absolute atomic E-state index is 11.4. The Morgan fingerprint density at radius 1 is 1.57 bits per heavy atom. The molecule has 0 radical (unpaired) electrons. The molecule has 0 saturated carbocycles. The van der Waals surface area contributed by atoms with Gasteiger partial charge in [-0.25, -0.2) is 0 Å². The lowest BCUT2D eigenvalue weighted by atomic mass is 10.3. The van der Waals surface area contributed by atoms with Crippen molar-refractivity contribution < 1.29 is 4.79 Å². The van der Waals surface area contributed by atoms with Crippen molar-refractivity contribution in [3.8, 4) is 0 Å². The summed E-state index contributed by atoms with van der Waals surface area (Å²) in [5, 5.41) is 6.49. The molecule has 2 atom stereocenters. The fourth-order valence-electron chi connectivity index (χ4n) is 1.15. The molecule has 0 aliphatic carbocycles. The van der Waals surface area contributed by atoms with Crippen molar-refractivity contribution >= 4 is 29.4 Å². The Hall–Kier alpha value is 0.130. The maximum Gasteiger partial charge on any atom is 0.236 e. The zero-order valence-electron chi connectivity index (χ0n) is 8.71. The molecule has 0 aromatic heterocycles. The van der Waals surface area contributed by atoms with E-state index in [1.807, 2.05) is 30.4 Å². The summed E-state index contributed by atoms with van der Waals surface area (Å²) in [7, 11) is 1.80. The largest absolute Gasteiger partial charge is 0.354 e. The number of carbonyl (C=O) groups is 1. The number of likely N-dealkylation sites (N-methyl/N-ethyl adjacent to an activating group) is 1. The van der Waals surface area contributed by atoms with Crippen LogP contribution in [-0.2, 0) is 4.79 Å². The van der Waals surface area contributed by atoms with Crippen molar-refractivity contribution in [1.29, 1.82) is 0 Å². The summed E-state index contributed by atoms with van der Waals surface area (Å²) < 4.78 is 0. The van der Waals surface area contributed by atoms with Gasteiger partial charge in [-0.15, -0.1) is 0 Å². The third-order valence-electron chi connectivity index (χ3n) is 2.22. The third-order valence-corrected chi connectivity index (χ3v) is 5.06. The van der Waals surface area contributed by atoms with E-state index < -0.39 is 0 Å². The Bertz CT molecular complexity index is 184. The Balaban J connectivity index is 2.15. The molecule has 2 unspecified atom stereocenters. The molecular formula is C9H18N2OS2. The summed E-state index contributed by atoms with van der Waals surface area (Å²) in [6, 6.07) is -0.0868. The molecule has 1 rings (SSSR count). The Morgan fingerprint density at radius 3 is 2.93 bits per heavy atom. The second kappa shape index (κ2) is 6.58.